The van der Waals surface area contributed by atoms with Gasteiger partial charge in [-0.05, 0) is 47.9 Å². The van der Waals surface area contributed by atoms with Crippen LogP contribution in [0, 0.1) is 6.92 Å². The first-order chi connectivity index (χ1) is 9.59. The van der Waals surface area contributed by atoms with Crippen molar-refractivity contribution >= 4 is 0 Å². The lowest BCUT2D eigenvalue weighted by Gasteiger charge is -2.13. The smallest absolute Gasteiger partial charge is 0.166 e. The lowest BCUT2D eigenvalue weighted by molar-refractivity contribution is -0.138. The van der Waals surface area contributed by atoms with Crippen molar-refractivity contribution in [2.45, 2.75) is 19.3 Å². The molecule has 0 saturated heterocycles. The van der Waals surface area contributed by atoms with Crippen LogP contribution in [0.3, 0.4) is 0 Å². The van der Waals surface area contributed by atoms with E-state index in [1.54, 1.807) is 6.92 Å². The van der Waals surface area contributed by atoms with E-state index < -0.39 is 23.5 Å². The second kappa shape index (κ2) is 5.09. The third kappa shape index (κ3) is 3.37. The minimum atomic E-state index is -4.54. The zero-order valence-electron chi connectivity index (χ0n) is 10.8. The molecule has 0 amide bonds. The van der Waals surface area contributed by atoms with E-state index in [4.69, 9.17) is 0 Å². The number of hydrogen-bond acceptors (Lipinski definition) is 0. The maximum Gasteiger partial charge on any atom is 0.416 e. The molecule has 0 aliphatic rings. The average molecular weight is 304 g/mol. The summed E-state index contributed by atoms with van der Waals surface area (Å²) in [6.45, 7) is 1.55. The molecule has 6 heteroatoms. The van der Waals surface area contributed by atoms with Crippen molar-refractivity contribution in [1.29, 1.82) is 0 Å². The summed E-state index contributed by atoms with van der Waals surface area (Å²) in [6, 6.07) is 7.29. The van der Waals surface area contributed by atoms with E-state index >= 15 is 0 Å². The summed E-state index contributed by atoms with van der Waals surface area (Å²) in [5, 5.41) is 0. The van der Waals surface area contributed by atoms with Gasteiger partial charge < -0.3 is 0 Å². The zero-order valence-corrected chi connectivity index (χ0v) is 10.8. The molecule has 0 radical (unpaired) electrons. The van der Waals surface area contributed by atoms with Crippen LogP contribution in [0.2, 0.25) is 0 Å². The van der Waals surface area contributed by atoms with Crippen molar-refractivity contribution < 1.29 is 26.3 Å². The number of alkyl halides is 6. The number of benzene rings is 2. The van der Waals surface area contributed by atoms with Gasteiger partial charge in [-0.3, -0.25) is 0 Å². The molecule has 0 aromatic heterocycles. The van der Waals surface area contributed by atoms with E-state index in [9.17, 15) is 26.3 Å². The highest BCUT2D eigenvalue weighted by molar-refractivity contribution is 5.69. The van der Waals surface area contributed by atoms with E-state index in [-0.39, 0.29) is 11.1 Å². The molecule has 0 aliphatic heterocycles. The molecule has 0 heterocycles. The van der Waals surface area contributed by atoms with E-state index in [2.05, 4.69) is 0 Å². The summed E-state index contributed by atoms with van der Waals surface area (Å²) in [5.74, 6) is 0. The predicted octanol–water partition coefficient (Wildman–Crippen LogP) is 5.70. The van der Waals surface area contributed by atoms with Gasteiger partial charge in [-0.15, -0.1) is 0 Å². The van der Waals surface area contributed by atoms with Gasteiger partial charge in [-0.25, -0.2) is 0 Å². The Kier molecular flexibility index (Phi) is 3.74. The minimum Gasteiger partial charge on any atom is -0.166 e. The maximum atomic E-state index is 12.7. The lowest BCUT2D eigenvalue weighted by Crippen LogP contribution is -2.06. The molecule has 2 rings (SSSR count). The van der Waals surface area contributed by atoms with Gasteiger partial charge in [0.2, 0.25) is 0 Å². The fourth-order valence-corrected chi connectivity index (χ4v) is 1.97. The molecule has 0 atom stereocenters. The highest BCUT2D eigenvalue weighted by Crippen LogP contribution is 2.36. The third-order valence-corrected chi connectivity index (χ3v) is 3.07. The summed E-state index contributed by atoms with van der Waals surface area (Å²) in [5.41, 5.74) is -1.07. The summed E-state index contributed by atoms with van der Waals surface area (Å²) < 4.78 is 76.1. The van der Waals surface area contributed by atoms with Gasteiger partial charge in [0.05, 0.1) is 11.1 Å². The van der Waals surface area contributed by atoms with Gasteiger partial charge in [-0.1, -0.05) is 18.2 Å². The first-order valence-electron chi connectivity index (χ1n) is 5.94. The van der Waals surface area contributed by atoms with Gasteiger partial charge in [-0.2, -0.15) is 26.3 Å². The van der Waals surface area contributed by atoms with Crippen LogP contribution < -0.4 is 0 Å². The van der Waals surface area contributed by atoms with Gasteiger partial charge in [0.1, 0.15) is 0 Å². The van der Waals surface area contributed by atoms with Crippen LogP contribution >= 0.6 is 0 Å². The molecule has 112 valence electrons. The molecule has 2 aromatic rings. The first kappa shape index (κ1) is 15.4. The van der Waals surface area contributed by atoms with Crippen LogP contribution in [0.4, 0.5) is 26.3 Å². The molecule has 0 unspecified atom stereocenters. The van der Waals surface area contributed by atoms with Crippen LogP contribution in [0.25, 0.3) is 11.1 Å². The standard InChI is InChI=1S/C15H10F6/c1-9-5-6-12(15(19,20)21)8-13(9)10-3-2-4-11(7-10)14(16,17)18/h2-8H,1H3. The summed E-state index contributed by atoms with van der Waals surface area (Å²) in [4.78, 5) is 0. The molecule has 0 fully saturated rings. The second-order valence-corrected chi connectivity index (χ2v) is 4.61. The molecule has 0 aliphatic carbocycles. The highest BCUT2D eigenvalue weighted by Gasteiger charge is 2.32. The van der Waals surface area contributed by atoms with Gasteiger partial charge in [0, 0.05) is 0 Å². The molecular weight excluding hydrogens is 294 g/mol. The summed E-state index contributed by atoms with van der Waals surface area (Å²) in [7, 11) is 0. The molecule has 0 bridgehead atoms. The van der Waals surface area contributed by atoms with Crippen LogP contribution in [0.5, 0.6) is 0 Å². The normalized spacial score (nSPS) is 12.5. The SMILES string of the molecule is Cc1ccc(C(F)(F)F)cc1-c1cccc(C(F)(F)F)c1. The van der Waals surface area contributed by atoms with E-state index in [0.29, 0.717) is 5.56 Å². The zero-order chi connectivity index (χ0) is 15.8. The van der Waals surface area contributed by atoms with Gasteiger partial charge in [0.25, 0.3) is 0 Å². The molecule has 21 heavy (non-hydrogen) atoms. The van der Waals surface area contributed by atoms with Gasteiger partial charge in [0.15, 0.2) is 0 Å². The van der Waals surface area contributed by atoms with Crippen LogP contribution in [-0.4, -0.2) is 0 Å². The van der Waals surface area contributed by atoms with E-state index in [1.165, 1.54) is 18.2 Å². The van der Waals surface area contributed by atoms with Crippen molar-refractivity contribution in [3.05, 3.63) is 59.2 Å². The van der Waals surface area contributed by atoms with E-state index in [1.807, 2.05) is 0 Å². The molecule has 0 spiro atoms. The second-order valence-electron chi connectivity index (χ2n) is 4.61. The molecule has 2 aromatic carbocycles. The van der Waals surface area contributed by atoms with Crippen molar-refractivity contribution in [1.82, 2.24) is 0 Å². The Bertz CT molecular complexity index is 652. The fraction of sp³-hybridized carbons (Fsp3) is 0.200. The molecule has 0 saturated carbocycles. The largest absolute Gasteiger partial charge is 0.416 e. The molecule has 0 nitrogen and oxygen atoms in total. The number of rotatable bonds is 1. The van der Waals surface area contributed by atoms with Crippen molar-refractivity contribution in [2.75, 3.05) is 0 Å². The Hall–Kier alpha value is -1.98. The third-order valence-electron chi connectivity index (χ3n) is 3.07. The Morgan fingerprint density at radius 2 is 1.29 bits per heavy atom. The quantitative estimate of drug-likeness (QED) is 0.593. The summed E-state index contributed by atoms with van der Waals surface area (Å²) in [6.07, 6.45) is -9.07. The Balaban J connectivity index is 2.57. The Labute approximate surface area is 117 Å². The number of aryl methyl sites for hydroxylation is 1. The predicted molar refractivity (Wildman–Crippen MR) is 66.6 cm³/mol. The highest BCUT2D eigenvalue weighted by atomic mass is 19.4. The average Bonchev–Trinajstić information content (AvgIpc) is 2.37. The van der Waals surface area contributed by atoms with Crippen molar-refractivity contribution in [3.63, 3.8) is 0 Å². The Morgan fingerprint density at radius 1 is 0.714 bits per heavy atom. The number of hydrogen-bond donors (Lipinski definition) is 0. The van der Waals surface area contributed by atoms with Crippen LogP contribution in [0.1, 0.15) is 16.7 Å². The van der Waals surface area contributed by atoms with Crippen molar-refractivity contribution in [3.8, 4) is 11.1 Å². The fourth-order valence-electron chi connectivity index (χ4n) is 1.97. The monoisotopic (exact) mass is 304 g/mol. The maximum absolute atomic E-state index is 12.7. The Morgan fingerprint density at radius 3 is 1.86 bits per heavy atom. The first-order valence-corrected chi connectivity index (χ1v) is 5.94. The topological polar surface area (TPSA) is 0 Å². The number of halogens is 6. The van der Waals surface area contributed by atoms with Crippen molar-refractivity contribution in [2.24, 2.45) is 0 Å². The molecular formula is C15H10F6. The van der Waals surface area contributed by atoms with Gasteiger partial charge >= 0.3 is 12.4 Å². The van der Waals surface area contributed by atoms with E-state index in [0.717, 1.165) is 24.3 Å². The molecule has 0 N–H and O–H groups in total. The van der Waals surface area contributed by atoms with Crippen LogP contribution in [-0.2, 0) is 12.4 Å². The minimum absolute atomic E-state index is 0.105. The van der Waals surface area contributed by atoms with Crippen LogP contribution in [0.15, 0.2) is 42.5 Å². The summed E-state index contributed by atoms with van der Waals surface area (Å²) >= 11 is 0. The lowest BCUT2D eigenvalue weighted by atomic mass is 9.96.